The Balaban J connectivity index is 1.43. The number of halogens is 3. The zero-order valence-electron chi connectivity index (χ0n) is 16.8. The van der Waals surface area contributed by atoms with E-state index in [0.29, 0.717) is 21.8 Å². The Morgan fingerprint density at radius 1 is 1.12 bits per heavy atom. The Bertz CT molecular complexity index is 1130. The van der Waals surface area contributed by atoms with Crippen molar-refractivity contribution in [3.05, 3.63) is 64.9 Å². The predicted octanol–water partition coefficient (Wildman–Crippen LogP) is 3.17. The number of nitrogens with zero attached hydrogens (tertiary/aromatic N) is 3. The van der Waals surface area contributed by atoms with Crippen molar-refractivity contribution in [2.75, 3.05) is 17.6 Å². The quantitative estimate of drug-likeness (QED) is 0.455. The fourth-order valence-corrected chi connectivity index (χ4v) is 3.39. The molecular formula is C20H18ClF2N5O3S. The van der Waals surface area contributed by atoms with Gasteiger partial charge in [-0.25, -0.2) is 8.78 Å². The van der Waals surface area contributed by atoms with Crippen molar-refractivity contribution in [3.63, 3.8) is 0 Å². The monoisotopic (exact) mass is 481 g/mol. The third kappa shape index (κ3) is 6.41. The van der Waals surface area contributed by atoms with E-state index in [2.05, 4.69) is 20.8 Å². The molecule has 32 heavy (non-hydrogen) atoms. The Morgan fingerprint density at radius 2 is 1.91 bits per heavy atom. The van der Waals surface area contributed by atoms with Crippen LogP contribution in [0.4, 0.5) is 14.5 Å². The van der Waals surface area contributed by atoms with E-state index in [0.717, 1.165) is 23.9 Å². The molecule has 0 bridgehead atoms. The highest BCUT2D eigenvalue weighted by atomic mass is 35.5. The highest BCUT2D eigenvalue weighted by molar-refractivity contribution is 7.99. The Labute approximate surface area is 191 Å². The first-order chi connectivity index (χ1) is 15.3. The summed E-state index contributed by atoms with van der Waals surface area (Å²) in [5, 5.41) is 13.8. The van der Waals surface area contributed by atoms with E-state index in [4.69, 9.17) is 16.3 Å². The number of ether oxygens (including phenoxy) is 1. The summed E-state index contributed by atoms with van der Waals surface area (Å²) in [6, 6.07) is 10.0. The average Bonchev–Trinajstić information content (AvgIpc) is 3.12. The zero-order chi connectivity index (χ0) is 23.1. The maximum atomic E-state index is 13.2. The molecule has 12 heteroatoms. The number of hydrogen-bond donors (Lipinski definition) is 2. The van der Waals surface area contributed by atoms with E-state index >= 15 is 0 Å². The first-order valence-electron chi connectivity index (χ1n) is 9.23. The van der Waals surface area contributed by atoms with Crippen LogP contribution in [0.2, 0.25) is 5.02 Å². The van der Waals surface area contributed by atoms with E-state index < -0.39 is 23.4 Å². The van der Waals surface area contributed by atoms with Crippen molar-refractivity contribution in [2.24, 2.45) is 7.05 Å². The number of amides is 2. The number of hydrogen-bond acceptors (Lipinski definition) is 6. The summed E-state index contributed by atoms with van der Waals surface area (Å²) in [4.78, 5) is 23.9. The molecule has 0 atom stereocenters. The average molecular weight is 482 g/mol. The number of carbonyl (C=O) groups excluding carboxylic acids is 2. The highest BCUT2D eigenvalue weighted by Crippen LogP contribution is 2.24. The summed E-state index contributed by atoms with van der Waals surface area (Å²) in [5.41, 5.74) is 0.0862. The number of carbonyl (C=O) groups is 2. The molecule has 1 heterocycles. The lowest BCUT2D eigenvalue weighted by atomic mass is 10.3. The van der Waals surface area contributed by atoms with Crippen molar-refractivity contribution >= 4 is 40.9 Å². The number of aromatic nitrogens is 3. The molecule has 8 nitrogen and oxygen atoms in total. The Kier molecular flexibility index (Phi) is 8.01. The molecule has 2 aromatic carbocycles. The molecule has 1 aromatic heterocycles. The summed E-state index contributed by atoms with van der Waals surface area (Å²) < 4.78 is 33.4. The first-order valence-corrected chi connectivity index (χ1v) is 10.6. The number of benzene rings is 2. The molecule has 0 saturated carbocycles. The predicted molar refractivity (Wildman–Crippen MR) is 116 cm³/mol. The SMILES string of the molecule is Cn1c(COc2ccccc2Cl)nnc1SCC(=O)NCC(=O)Nc1ccc(F)c(F)c1. The topological polar surface area (TPSA) is 98.1 Å². The van der Waals surface area contributed by atoms with Gasteiger partial charge in [-0.15, -0.1) is 10.2 Å². The molecule has 0 fully saturated rings. The van der Waals surface area contributed by atoms with Gasteiger partial charge in [0.15, 0.2) is 22.6 Å². The van der Waals surface area contributed by atoms with Crippen molar-refractivity contribution in [1.29, 1.82) is 0 Å². The molecule has 0 aliphatic carbocycles. The minimum atomic E-state index is -1.08. The second-order valence-electron chi connectivity index (χ2n) is 6.42. The number of anilines is 1. The fourth-order valence-electron chi connectivity index (χ4n) is 2.44. The van der Waals surface area contributed by atoms with Crippen LogP contribution in [0.5, 0.6) is 5.75 Å². The summed E-state index contributed by atoms with van der Waals surface area (Å²) >= 11 is 7.19. The van der Waals surface area contributed by atoms with Crippen LogP contribution in [0.3, 0.4) is 0 Å². The molecular weight excluding hydrogens is 464 g/mol. The third-order valence-electron chi connectivity index (χ3n) is 4.10. The van der Waals surface area contributed by atoms with Crippen LogP contribution < -0.4 is 15.4 Å². The number of para-hydroxylation sites is 1. The molecule has 2 amide bonds. The maximum absolute atomic E-state index is 13.2. The summed E-state index contributed by atoms with van der Waals surface area (Å²) in [6.45, 7) is -0.182. The first kappa shape index (κ1) is 23.5. The zero-order valence-corrected chi connectivity index (χ0v) is 18.3. The van der Waals surface area contributed by atoms with Crippen molar-refractivity contribution < 1.29 is 23.1 Å². The molecule has 0 radical (unpaired) electrons. The van der Waals surface area contributed by atoms with Gasteiger partial charge in [-0.1, -0.05) is 35.5 Å². The van der Waals surface area contributed by atoms with Crippen LogP contribution in [0.1, 0.15) is 5.82 Å². The molecule has 0 aliphatic rings. The highest BCUT2D eigenvalue weighted by Gasteiger charge is 2.13. The van der Waals surface area contributed by atoms with Crippen molar-refractivity contribution in [2.45, 2.75) is 11.8 Å². The van der Waals surface area contributed by atoms with Gasteiger partial charge >= 0.3 is 0 Å². The summed E-state index contributed by atoms with van der Waals surface area (Å²) in [6.07, 6.45) is 0. The fraction of sp³-hybridized carbons (Fsp3) is 0.200. The minimum Gasteiger partial charge on any atom is -0.484 e. The van der Waals surface area contributed by atoms with Gasteiger partial charge in [0.2, 0.25) is 11.8 Å². The van der Waals surface area contributed by atoms with E-state index in [9.17, 15) is 18.4 Å². The molecule has 0 saturated heterocycles. The Hall–Kier alpha value is -3.18. The molecule has 3 rings (SSSR count). The van der Waals surface area contributed by atoms with Gasteiger partial charge in [0.1, 0.15) is 12.4 Å². The molecule has 3 aromatic rings. The minimum absolute atomic E-state index is 0.00417. The number of rotatable bonds is 9. The van der Waals surface area contributed by atoms with Gasteiger partial charge in [0.25, 0.3) is 0 Å². The molecule has 168 valence electrons. The molecule has 0 unspecified atom stereocenters. The number of thioether (sulfide) groups is 1. The maximum Gasteiger partial charge on any atom is 0.243 e. The van der Waals surface area contributed by atoms with E-state index in [1.165, 1.54) is 6.07 Å². The standard InChI is InChI=1S/C20H18ClF2N5O3S/c1-28-17(10-31-16-5-3-2-4-13(16)21)26-27-20(28)32-11-19(30)24-9-18(29)25-12-6-7-14(22)15(23)8-12/h2-8H,9-11H2,1H3,(H,24,30)(H,25,29). The third-order valence-corrected chi connectivity index (χ3v) is 5.43. The van der Waals surface area contributed by atoms with Gasteiger partial charge in [0, 0.05) is 18.8 Å². The second-order valence-corrected chi connectivity index (χ2v) is 7.77. The molecule has 0 spiro atoms. The van der Waals surface area contributed by atoms with Crippen LogP contribution in [-0.4, -0.2) is 38.9 Å². The lowest BCUT2D eigenvalue weighted by Crippen LogP contribution is -2.34. The van der Waals surface area contributed by atoms with Crippen LogP contribution >= 0.6 is 23.4 Å². The van der Waals surface area contributed by atoms with Gasteiger partial charge in [-0.3, -0.25) is 9.59 Å². The van der Waals surface area contributed by atoms with Gasteiger partial charge in [-0.2, -0.15) is 0 Å². The van der Waals surface area contributed by atoms with E-state index in [1.54, 1.807) is 35.9 Å². The van der Waals surface area contributed by atoms with E-state index in [-0.39, 0.29) is 24.6 Å². The van der Waals surface area contributed by atoms with Gasteiger partial charge in [0.05, 0.1) is 17.3 Å². The lowest BCUT2D eigenvalue weighted by molar-refractivity contribution is -0.122. The van der Waals surface area contributed by atoms with E-state index in [1.807, 2.05) is 0 Å². The van der Waals surface area contributed by atoms with Crippen LogP contribution in [0, 0.1) is 11.6 Å². The summed E-state index contributed by atoms with van der Waals surface area (Å²) in [7, 11) is 1.74. The van der Waals surface area contributed by atoms with Crippen LogP contribution in [0.15, 0.2) is 47.6 Å². The Morgan fingerprint density at radius 3 is 2.66 bits per heavy atom. The van der Waals surface area contributed by atoms with Crippen molar-refractivity contribution in [1.82, 2.24) is 20.1 Å². The molecule has 0 aliphatic heterocycles. The van der Waals surface area contributed by atoms with Crippen molar-refractivity contribution in [3.8, 4) is 5.75 Å². The number of nitrogens with one attached hydrogen (secondary N) is 2. The van der Waals surface area contributed by atoms with Gasteiger partial charge < -0.3 is 19.9 Å². The van der Waals surface area contributed by atoms with Crippen LogP contribution in [0.25, 0.3) is 0 Å². The largest absolute Gasteiger partial charge is 0.484 e. The lowest BCUT2D eigenvalue weighted by Gasteiger charge is -2.08. The van der Waals surface area contributed by atoms with Crippen LogP contribution in [-0.2, 0) is 23.2 Å². The van der Waals surface area contributed by atoms with Gasteiger partial charge in [-0.05, 0) is 24.3 Å². The second kappa shape index (κ2) is 10.9. The smallest absolute Gasteiger partial charge is 0.243 e. The summed E-state index contributed by atoms with van der Waals surface area (Å²) in [5.74, 6) is -2.03. The normalized spacial score (nSPS) is 10.6. The molecule has 2 N–H and O–H groups in total.